The summed E-state index contributed by atoms with van der Waals surface area (Å²) in [4.78, 5) is 10.9. The smallest absolute Gasteiger partial charge is 0.150 e. The number of carbonyl (C=O) groups excluding carboxylic acids is 1. The highest BCUT2D eigenvalue weighted by molar-refractivity contribution is 6.35. The molecule has 0 saturated heterocycles. The number of ether oxygens (including phenoxy) is 1. The zero-order chi connectivity index (χ0) is 18.1. The van der Waals surface area contributed by atoms with Gasteiger partial charge in [0.25, 0.3) is 0 Å². The highest BCUT2D eigenvalue weighted by Gasteiger charge is 2.37. The van der Waals surface area contributed by atoms with Crippen LogP contribution in [0.5, 0.6) is 5.75 Å². The maximum absolute atomic E-state index is 10.9. The van der Waals surface area contributed by atoms with Crippen LogP contribution in [0.25, 0.3) is 0 Å². The van der Waals surface area contributed by atoms with Crippen LogP contribution in [-0.4, -0.2) is 18.4 Å². The molecule has 1 N–H and O–H groups in total. The molecule has 0 unspecified atom stereocenters. The molecule has 3 nitrogen and oxygen atoms in total. The van der Waals surface area contributed by atoms with Gasteiger partial charge in [0.1, 0.15) is 18.1 Å². The van der Waals surface area contributed by atoms with Crippen molar-refractivity contribution in [3.05, 3.63) is 63.1 Å². The standard InChI is InChI=1S/C21H21Cl2NO2/c22-14-9-18-17(19(23)10-14)11-20(24-15-3-1-2-4-15)21(18)26-16-7-5-13(12-25)6-8-16/h5-10,12,15,20-21,24H,1-4,11H2/t20-,21-/m0/s1. The quantitative estimate of drug-likeness (QED) is 0.697. The summed E-state index contributed by atoms with van der Waals surface area (Å²) in [6.45, 7) is 0. The topological polar surface area (TPSA) is 38.3 Å². The summed E-state index contributed by atoms with van der Waals surface area (Å²) in [6.07, 6.45) is 6.50. The Balaban J connectivity index is 1.63. The van der Waals surface area contributed by atoms with Crippen molar-refractivity contribution in [1.29, 1.82) is 0 Å². The Kier molecular flexibility index (Phi) is 5.21. The Morgan fingerprint density at radius 2 is 1.81 bits per heavy atom. The van der Waals surface area contributed by atoms with Gasteiger partial charge in [0, 0.05) is 27.2 Å². The van der Waals surface area contributed by atoms with Crippen LogP contribution in [0.15, 0.2) is 36.4 Å². The third-order valence-corrected chi connectivity index (χ3v) is 5.93. The fourth-order valence-corrected chi connectivity index (χ4v) is 4.68. The normalized spacial score (nSPS) is 22.4. The van der Waals surface area contributed by atoms with E-state index in [2.05, 4.69) is 5.32 Å². The van der Waals surface area contributed by atoms with E-state index in [1.807, 2.05) is 18.2 Å². The van der Waals surface area contributed by atoms with Gasteiger partial charge in [-0.25, -0.2) is 0 Å². The summed E-state index contributed by atoms with van der Waals surface area (Å²) in [7, 11) is 0. The van der Waals surface area contributed by atoms with E-state index in [4.69, 9.17) is 27.9 Å². The summed E-state index contributed by atoms with van der Waals surface area (Å²) >= 11 is 12.7. The van der Waals surface area contributed by atoms with Crippen molar-refractivity contribution in [2.45, 2.75) is 50.3 Å². The lowest BCUT2D eigenvalue weighted by Crippen LogP contribution is -2.41. The van der Waals surface area contributed by atoms with E-state index in [0.717, 1.165) is 29.6 Å². The summed E-state index contributed by atoms with van der Waals surface area (Å²) in [5.41, 5.74) is 2.80. The van der Waals surface area contributed by atoms with Gasteiger partial charge >= 0.3 is 0 Å². The number of benzene rings is 2. The lowest BCUT2D eigenvalue weighted by atomic mass is 10.1. The first-order valence-electron chi connectivity index (χ1n) is 9.10. The molecule has 2 atom stereocenters. The monoisotopic (exact) mass is 389 g/mol. The van der Waals surface area contributed by atoms with Crippen molar-refractivity contribution in [2.24, 2.45) is 0 Å². The van der Waals surface area contributed by atoms with Crippen LogP contribution in [0.1, 0.15) is 53.3 Å². The SMILES string of the molecule is O=Cc1ccc(O[C@H]2c3cc(Cl)cc(Cl)c3C[C@@H]2NC2CCCC2)cc1. The summed E-state index contributed by atoms with van der Waals surface area (Å²) in [6, 6.07) is 11.7. The molecule has 0 spiro atoms. The van der Waals surface area contributed by atoms with Gasteiger partial charge in [-0.1, -0.05) is 36.0 Å². The molecule has 5 heteroatoms. The molecule has 4 rings (SSSR count). The van der Waals surface area contributed by atoms with E-state index in [-0.39, 0.29) is 12.1 Å². The van der Waals surface area contributed by atoms with Gasteiger partial charge in [-0.05, 0) is 61.2 Å². The Morgan fingerprint density at radius 3 is 2.50 bits per heavy atom. The Morgan fingerprint density at radius 1 is 1.08 bits per heavy atom. The molecule has 2 aromatic rings. The molecule has 2 aliphatic carbocycles. The van der Waals surface area contributed by atoms with E-state index in [1.165, 1.54) is 25.7 Å². The summed E-state index contributed by atoms with van der Waals surface area (Å²) in [5.74, 6) is 0.739. The van der Waals surface area contributed by atoms with Gasteiger partial charge in [0.2, 0.25) is 0 Å². The van der Waals surface area contributed by atoms with Crippen molar-refractivity contribution in [3.63, 3.8) is 0 Å². The second-order valence-corrected chi connectivity index (χ2v) is 7.98. The molecule has 2 aromatic carbocycles. The maximum Gasteiger partial charge on any atom is 0.150 e. The van der Waals surface area contributed by atoms with Crippen LogP contribution in [0, 0.1) is 0 Å². The molecule has 1 saturated carbocycles. The van der Waals surface area contributed by atoms with Crippen LogP contribution in [0.4, 0.5) is 0 Å². The molecule has 136 valence electrons. The maximum atomic E-state index is 10.9. The molecule has 0 aromatic heterocycles. The van der Waals surface area contributed by atoms with Crippen molar-refractivity contribution in [2.75, 3.05) is 0 Å². The molecular weight excluding hydrogens is 369 g/mol. The number of aldehydes is 1. The fraction of sp³-hybridized carbons (Fsp3) is 0.381. The van der Waals surface area contributed by atoms with E-state index in [9.17, 15) is 4.79 Å². The predicted octanol–water partition coefficient (Wildman–Crippen LogP) is 5.38. The first kappa shape index (κ1) is 17.8. The number of rotatable bonds is 5. The highest BCUT2D eigenvalue weighted by atomic mass is 35.5. The van der Waals surface area contributed by atoms with Crippen molar-refractivity contribution >= 4 is 29.5 Å². The van der Waals surface area contributed by atoms with E-state index >= 15 is 0 Å². The minimum absolute atomic E-state index is 0.149. The third kappa shape index (κ3) is 3.62. The first-order valence-corrected chi connectivity index (χ1v) is 9.85. The van der Waals surface area contributed by atoms with Crippen molar-refractivity contribution in [1.82, 2.24) is 5.32 Å². The fourth-order valence-electron chi connectivity index (χ4n) is 4.10. The van der Waals surface area contributed by atoms with Gasteiger partial charge in [0.15, 0.2) is 0 Å². The number of hydrogen-bond donors (Lipinski definition) is 1. The molecule has 26 heavy (non-hydrogen) atoms. The van der Waals surface area contributed by atoms with E-state index < -0.39 is 0 Å². The third-order valence-electron chi connectivity index (χ3n) is 5.37. The number of carbonyl (C=O) groups is 1. The predicted molar refractivity (Wildman–Crippen MR) is 105 cm³/mol. The highest BCUT2D eigenvalue weighted by Crippen LogP contribution is 2.41. The first-order chi connectivity index (χ1) is 12.6. The molecule has 0 heterocycles. The minimum atomic E-state index is -0.149. The van der Waals surface area contributed by atoms with Gasteiger partial charge in [-0.15, -0.1) is 0 Å². The molecule has 0 bridgehead atoms. The number of fused-ring (bicyclic) bond motifs is 1. The molecule has 0 amide bonds. The Bertz CT molecular complexity index is 800. The molecule has 2 aliphatic rings. The van der Waals surface area contributed by atoms with Gasteiger partial charge in [-0.3, -0.25) is 4.79 Å². The molecule has 0 aliphatic heterocycles. The van der Waals surface area contributed by atoms with Crippen LogP contribution in [0.3, 0.4) is 0 Å². The zero-order valence-electron chi connectivity index (χ0n) is 14.4. The van der Waals surface area contributed by atoms with Gasteiger partial charge in [0.05, 0.1) is 6.04 Å². The van der Waals surface area contributed by atoms with Crippen LogP contribution >= 0.6 is 23.2 Å². The number of nitrogens with one attached hydrogen (secondary N) is 1. The Hall–Kier alpha value is -1.55. The second kappa shape index (κ2) is 7.59. The molecule has 0 radical (unpaired) electrons. The van der Waals surface area contributed by atoms with Crippen molar-refractivity contribution in [3.8, 4) is 5.75 Å². The van der Waals surface area contributed by atoms with E-state index in [0.29, 0.717) is 21.7 Å². The average molecular weight is 390 g/mol. The number of halogens is 2. The number of hydrogen-bond acceptors (Lipinski definition) is 3. The Labute approximate surface area is 163 Å². The zero-order valence-corrected chi connectivity index (χ0v) is 15.9. The van der Waals surface area contributed by atoms with Gasteiger partial charge in [-0.2, -0.15) is 0 Å². The largest absolute Gasteiger partial charge is 0.484 e. The lowest BCUT2D eigenvalue weighted by molar-refractivity contribution is 0.112. The lowest BCUT2D eigenvalue weighted by Gasteiger charge is -2.26. The van der Waals surface area contributed by atoms with Crippen LogP contribution in [0.2, 0.25) is 10.0 Å². The minimum Gasteiger partial charge on any atom is -0.484 e. The molecule has 1 fully saturated rings. The summed E-state index contributed by atoms with van der Waals surface area (Å²) < 4.78 is 6.34. The van der Waals surface area contributed by atoms with Gasteiger partial charge < -0.3 is 10.1 Å². The molecular formula is C21H21Cl2NO2. The van der Waals surface area contributed by atoms with Crippen LogP contribution in [-0.2, 0) is 6.42 Å². The second-order valence-electron chi connectivity index (χ2n) is 7.14. The van der Waals surface area contributed by atoms with Crippen LogP contribution < -0.4 is 10.1 Å². The van der Waals surface area contributed by atoms with E-state index in [1.54, 1.807) is 18.2 Å². The van der Waals surface area contributed by atoms with Crippen molar-refractivity contribution < 1.29 is 9.53 Å². The average Bonchev–Trinajstić information content (AvgIpc) is 3.25. The summed E-state index contributed by atoms with van der Waals surface area (Å²) in [5, 5.41) is 5.11.